The number of carbonyl (C=O) groups excluding carboxylic acids is 2. The summed E-state index contributed by atoms with van der Waals surface area (Å²) in [6, 6.07) is 21.6. The molecule has 0 aliphatic heterocycles. The first-order chi connectivity index (χ1) is 12.6. The van der Waals surface area contributed by atoms with Crippen molar-refractivity contribution in [1.29, 1.82) is 0 Å². The van der Waals surface area contributed by atoms with Crippen LogP contribution in [0.3, 0.4) is 0 Å². The van der Waals surface area contributed by atoms with Crippen molar-refractivity contribution < 1.29 is 9.59 Å². The Kier molecular flexibility index (Phi) is 5.92. The summed E-state index contributed by atoms with van der Waals surface area (Å²) in [5.41, 5.74) is 7.70. The third-order valence-corrected chi connectivity index (χ3v) is 4.98. The van der Waals surface area contributed by atoms with E-state index in [-0.39, 0.29) is 17.6 Å². The minimum Gasteiger partial charge on any atom is -0.272 e. The van der Waals surface area contributed by atoms with E-state index in [0.29, 0.717) is 5.56 Å². The lowest BCUT2D eigenvalue weighted by atomic mass is 10.1. The largest absolute Gasteiger partial charge is 0.272 e. The highest BCUT2D eigenvalue weighted by atomic mass is 32.2. The fourth-order valence-corrected chi connectivity index (χ4v) is 3.44. The van der Waals surface area contributed by atoms with Crippen LogP contribution in [-0.4, -0.2) is 17.6 Å². The predicted octanol–water partition coefficient (Wildman–Crippen LogP) is 3.84. The molecule has 0 radical (unpaired) electrons. The lowest BCUT2D eigenvalue weighted by Gasteiger charge is -2.09. The van der Waals surface area contributed by atoms with Crippen LogP contribution in [0.5, 0.6) is 0 Å². The van der Waals surface area contributed by atoms with Crippen molar-refractivity contribution in [3.8, 4) is 0 Å². The van der Waals surface area contributed by atoms with Gasteiger partial charge in [0.1, 0.15) is 0 Å². The normalized spacial score (nSPS) is 10.5. The molecule has 4 nitrogen and oxygen atoms in total. The van der Waals surface area contributed by atoms with Gasteiger partial charge in [-0.1, -0.05) is 60.2 Å². The first-order valence-corrected chi connectivity index (χ1v) is 9.49. The molecule has 2 amide bonds. The summed E-state index contributed by atoms with van der Waals surface area (Å²) in [7, 11) is 0. The number of fused-ring (bicyclic) bond motifs is 1. The topological polar surface area (TPSA) is 58.2 Å². The van der Waals surface area contributed by atoms with E-state index >= 15 is 0 Å². The first kappa shape index (κ1) is 18.0. The van der Waals surface area contributed by atoms with E-state index in [2.05, 4.69) is 35.1 Å². The quantitative estimate of drug-likeness (QED) is 0.676. The summed E-state index contributed by atoms with van der Waals surface area (Å²) in [6.45, 7) is 1.95. The minimum atomic E-state index is -0.322. The van der Waals surface area contributed by atoms with Crippen molar-refractivity contribution in [3.05, 3.63) is 83.4 Å². The molecule has 3 rings (SSSR count). The molecule has 0 aromatic heterocycles. The molecule has 0 heterocycles. The number of benzene rings is 3. The van der Waals surface area contributed by atoms with Gasteiger partial charge in [0.05, 0.1) is 5.75 Å². The summed E-state index contributed by atoms with van der Waals surface area (Å²) in [5, 5.41) is 2.40. The van der Waals surface area contributed by atoms with E-state index < -0.39 is 0 Å². The molecule has 3 aromatic rings. The number of hydrazine groups is 1. The number of thioether (sulfide) groups is 1. The highest BCUT2D eigenvalue weighted by molar-refractivity contribution is 7.99. The van der Waals surface area contributed by atoms with Crippen LogP contribution in [0.25, 0.3) is 10.8 Å². The number of hydrogen-bond donors (Lipinski definition) is 2. The summed E-state index contributed by atoms with van der Waals surface area (Å²) >= 11 is 1.52. The molecule has 0 aliphatic carbocycles. The third-order valence-electron chi connectivity index (χ3n) is 4.00. The molecule has 132 valence electrons. The van der Waals surface area contributed by atoms with Crippen LogP contribution in [-0.2, 0) is 10.5 Å². The highest BCUT2D eigenvalue weighted by Gasteiger charge is 2.08. The van der Waals surface area contributed by atoms with Gasteiger partial charge < -0.3 is 0 Å². The monoisotopic (exact) mass is 364 g/mol. The Labute approximate surface area is 157 Å². The van der Waals surface area contributed by atoms with Gasteiger partial charge in [-0.15, -0.1) is 11.8 Å². The van der Waals surface area contributed by atoms with Crippen molar-refractivity contribution in [1.82, 2.24) is 10.9 Å². The van der Waals surface area contributed by atoms with E-state index in [4.69, 9.17) is 0 Å². The van der Waals surface area contributed by atoms with E-state index in [1.54, 1.807) is 12.1 Å². The van der Waals surface area contributed by atoms with Crippen molar-refractivity contribution in [3.63, 3.8) is 0 Å². The highest BCUT2D eigenvalue weighted by Crippen LogP contribution is 2.22. The van der Waals surface area contributed by atoms with Gasteiger partial charge in [0.2, 0.25) is 5.91 Å². The van der Waals surface area contributed by atoms with Crippen LogP contribution in [0.15, 0.2) is 66.7 Å². The van der Waals surface area contributed by atoms with Gasteiger partial charge in [-0.05, 0) is 35.4 Å². The first-order valence-electron chi connectivity index (χ1n) is 8.34. The second-order valence-electron chi connectivity index (χ2n) is 6.00. The molecule has 26 heavy (non-hydrogen) atoms. The molecular formula is C21H20N2O2S. The molecule has 0 spiro atoms. The predicted molar refractivity (Wildman–Crippen MR) is 107 cm³/mol. The molecule has 0 atom stereocenters. The molecule has 2 N–H and O–H groups in total. The zero-order valence-corrected chi connectivity index (χ0v) is 15.3. The second-order valence-corrected chi connectivity index (χ2v) is 6.98. The number of nitrogens with one attached hydrogen (secondary N) is 2. The van der Waals surface area contributed by atoms with Gasteiger partial charge in [0.25, 0.3) is 5.91 Å². The van der Waals surface area contributed by atoms with Crippen LogP contribution in [0.4, 0.5) is 0 Å². The molecule has 0 aliphatic rings. The van der Waals surface area contributed by atoms with Crippen LogP contribution in [0.2, 0.25) is 0 Å². The summed E-state index contributed by atoms with van der Waals surface area (Å²) < 4.78 is 0. The molecule has 0 unspecified atom stereocenters. The average Bonchev–Trinajstić information content (AvgIpc) is 2.67. The number of rotatable bonds is 5. The van der Waals surface area contributed by atoms with Gasteiger partial charge in [0.15, 0.2) is 0 Å². The Balaban J connectivity index is 1.47. The summed E-state index contributed by atoms with van der Waals surface area (Å²) in [6.07, 6.45) is 0. The maximum absolute atomic E-state index is 12.0. The average molecular weight is 364 g/mol. The molecule has 0 saturated heterocycles. The van der Waals surface area contributed by atoms with Crippen LogP contribution >= 0.6 is 11.8 Å². The van der Waals surface area contributed by atoms with Crippen LogP contribution in [0, 0.1) is 6.92 Å². The Morgan fingerprint density at radius 1 is 0.885 bits per heavy atom. The van der Waals surface area contributed by atoms with E-state index in [0.717, 1.165) is 11.3 Å². The van der Waals surface area contributed by atoms with Crippen molar-refractivity contribution in [2.75, 3.05) is 5.75 Å². The molecule has 5 heteroatoms. The zero-order valence-electron chi connectivity index (χ0n) is 14.5. The van der Waals surface area contributed by atoms with Crippen LogP contribution in [0.1, 0.15) is 21.5 Å². The number of amides is 2. The number of hydrogen-bond acceptors (Lipinski definition) is 3. The van der Waals surface area contributed by atoms with Gasteiger partial charge in [0, 0.05) is 11.3 Å². The minimum absolute atomic E-state index is 0.226. The smallest absolute Gasteiger partial charge is 0.269 e. The van der Waals surface area contributed by atoms with Gasteiger partial charge >= 0.3 is 0 Å². The summed E-state index contributed by atoms with van der Waals surface area (Å²) in [4.78, 5) is 23.9. The zero-order chi connectivity index (χ0) is 18.4. The van der Waals surface area contributed by atoms with Gasteiger partial charge in [-0.3, -0.25) is 20.4 Å². The van der Waals surface area contributed by atoms with Crippen molar-refractivity contribution >= 4 is 34.3 Å². The fourth-order valence-electron chi connectivity index (χ4n) is 2.61. The van der Waals surface area contributed by atoms with Crippen molar-refractivity contribution in [2.45, 2.75) is 12.7 Å². The second kappa shape index (κ2) is 8.54. The third kappa shape index (κ3) is 4.64. The molecule has 3 aromatic carbocycles. The Morgan fingerprint density at radius 2 is 1.62 bits per heavy atom. The Bertz CT molecular complexity index is 917. The Hall–Kier alpha value is -2.79. The van der Waals surface area contributed by atoms with E-state index in [1.807, 2.05) is 37.3 Å². The standard InChI is InChI=1S/C21H20N2O2S/c1-15-9-11-17(12-10-15)21(25)23-22-20(24)14-26-13-18-7-4-6-16-5-2-3-8-19(16)18/h2-12H,13-14H2,1H3,(H,22,24)(H,23,25). The maximum Gasteiger partial charge on any atom is 0.269 e. The maximum atomic E-state index is 12.0. The Morgan fingerprint density at radius 3 is 2.42 bits per heavy atom. The van der Waals surface area contributed by atoms with Gasteiger partial charge in [-0.25, -0.2) is 0 Å². The number of carbonyl (C=O) groups is 2. The van der Waals surface area contributed by atoms with Crippen LogP contribution < -0.4 is 10.9 Å². The fraction of sp³-hybridized carbons (Fsp3) is 0.143. The SMILES string of the molecule is Cc1ccc(C(=O)NNC(=O)CSCc2cccc3ccccc23)cc1. The van der Waals surface area contributed by atoms with Crippen molar-refractivity contribution in [2.24, 2.45) is 0 Å². The molecule has 0 bridgehead atoms. The van der Waals surface area contributed by atoms with E-state index in [1.165, 1.54) is 28.1 Å². The lowest BCUT2D eigenvalue weighted by molar-refractivity contribution is -0.119. The molecular weight excluding hydrogens is 344 g/mol. The van der Waals surface area contributed by atoms with Gasteiger partial charge in [-0.2, -0.15) is 0 Å². The lowest BCUT2D eigenvalue weighted by Crippen LogP contribution is -2.42. The number of aryl methyl sites for hydroxylation is 1. The van der Waals surface area contributed by atoms with E-state index in [9.17, 15) is 9.59 Å². The molecule has 0 saturated carbocycles. The molecule has 0 fully saturated rings. The summed E-state index contributed by atoms with van der Waals surface area (Å²) in [5.74, 6) is 0.464.